The van der Waals surface area contributed by atoms with Crippen LogP contribution in [0, 0.1) is 26.2 Å². The van der Waals surface area contributed by atoms with Gasteiger partial charge < -0.3 is 4.90 Å². The molecule has 0 aromatic heterocycles. The maximum absolute atomic E-state index is 14.2. The number of rotatable bonds is 8. The molecule has 2 unspecified atom stereocenters. The summed E-state index contributed by atoms with van der Waals surface area (Å²) in [7, 11) is -1.32. The first-order valence-electron chi connectivity index (χ1n) is 13.2. The minimum atomic E-state index is -1.32. The molecule has 1 spiro atoms. The number of hydrogen-bond acceptors (Lipinski definition) is 3. The standard InChI is InChI=1S/C33H34NO3P/c1-6-32(5)20-33(32)21-34(33)28(36)18-17-27(35)29-22(2)19-23(3)30(24(29)4)31(37)38(25-13-9-7-10-14-25)26-15-11-8-12-16-26/h7-19H,6,20-21H2,1-5H3/b18-17-. The molecule has 1 aliphatic carbocycles. The molecule has 1 heterocycles. The maximum Gasteiger partial charge on any atom is 0.247 e. The molecule has 4 nitrogen and oxygen atoms in total. The largest absolute Gasteiger partial charge is 0.329 e. The van der Waals surface area contributed by atoms with Gasteiger partial charge in [0.2, 0.25) is 5.91 Å². The summed E-state index contributed by atoms with van der Waals surface area (Å²) in [4.78, 5) is 42.4. The van der Waals surface area contributed by atoms with Gasteiger partial charge in [0.1, 0.15) is 0 Å². The monoisotopic (exact) mass is 523 g/mol. The molecule has 194 valence electrons. The summed E-state index contributed by atoms with van der Waals surface area (Å²) >= 11 is 0. The molecule has 0 N–H and O–H groups in total. The van der Waals surface area contributed by atoms with Crippen LogP contribution in [0.4, 0.5) is 0 Å². The van der Waals surface area contributed by atoms with Gasteiger partial charge in [-0.05, 0) is 72.4 Å². The third kappa shape index (κ3) is 4.35. The second-order valence-corrected chi connectivity index (χ2v) is 13.1. The molecule has 38 heavy (non-hydrogen) atoms. The minimum absolute atomic E-state index is 0.00749. The van der Waals surface area contributed by atoms with Crippen LogP contribution in [0.2, 0.25) is 0 Å². The van der Waals surface area contributed by atoms with Crippen molar-refractivity contribution in [3.05, 3.63) is 107 Å². The van der Waals surface area contributed by atoms with Gasteiger partial charge in [-0.1, -0.05) is 80.6 Å². The van der Waals surface area contributed by atoms with Gasteiger partial charge in [0.05, 0.1) is 5.54 Å². The zero-order valence-corrected chi connectivity index (χ0v) is 23.6. The van der Waals surface area contributed by atoms with Crippen molar-refractivity contribution in [1.82, 2.24) is 4.90 Å². The Morgan fingerprint density at radius 3 is 1.95 bits per heavy atom. The van der Waals surface area contributed by atoms with E-state index in [4.69, 9.17) is 0 Å². The predicted molar refractivity (Wildman–Crippen MR) is 155 cm³/mol. The van der Waals surface area contributed by atoms with E-state index in [2.05, 4.69) is 13.8 Å². The number of ketones is 1. The summed E-state index contributed by atoms with van der Waals surface area (Å²) < 4.78 is 0. The van der Waals surface area contributed by atoms with Gasteiger partial charge in [-0.15, -0.1) is 0 Å². The van der Waals surface area contributed by atoms with Crippen molar-refractivity contribution in [2.24, 2.45) is 5.41 Å². The van der Waals surface area contributed by atoms with Crippen LogP contribution in [0.15, 0.2) is 78.9 Å². The number of carbonyl (C=O) groups excluding carboxylic acids is 3. The summed E-state index contributed by atoms with van der Waals surface area (Å²) in [5.74, 6) is -0.345. The van der Waals surface area contributed by atoms with E-state index >= 15 is 0 Å². The average Bonchev–Trinajstić information content (AvgIpc) is 3.78. The Morgan fingerprint density at radius 1 is 0.868 bits per heavy atom. The van der Waals surface area contributed by atoms with Crippen LogP contribution < -0.4 is 10.6 Å². The van der Waals surface area contributed by atoms with E-state index in [1.54, 1.807) is 0 Å². The van der Waals surface area contributed by atoms with Crippen LogP contribution in [0.5, 0.6) is 0 Å². The molecule has 3 aromatic carbocycles. The Labute approximate surface area is 226 Å². The molecule has 2 atom stereocenters. The molecule has 5 heteroatoms. The molecule has 0 bridgehead atoms. The first-order valence-corrected chi connectivity index (χ1v) is 14.6. The van der Waals surface area contributed by atoms with E-state index < -0.39 is 7.92 Å². The molecule has 2 fully saturated rings. The van der Waals surface area contributed by atoms with Gasteiger partial charge in [-0.3, -0.25) is 14.4 Å². The highest BCUT2D eigenvalue weighted by molar-refractivity contribution is 7.88. The number of aryl methyl sites for hydroxylation is 2. The topological polar surface area (TPSA) is 54.2 Å². The molecule has 2 aliphatic rings. The quantitative estimate of drug-likeness (QED) is 0.157. The SMILES string of the molecule is CCC1(C)CC12CN2C(=O)/C=C\C(=O)c1c(C)cc(C)c(C(=O)P(c2ccccc2)c2ccccc2)c1C. The number of amides is 1. The molecule has 5 rings (SSSR count). The van der Waals surface area contributed by atoms with E-state index in [-0.39, 0.29) is 28.2 Å². The van der Waals surface area contributed by atoms with E-state index in [1.807, 2.05) is 92.4 Å². The van der Waals surface area contributed by atoms with Crippen molar-refractivity contribution in [1.29, 1.82) is 0 Å². The molecule has 0 radical (unpaired) electrons. The Morgan fingerprint density at radius 2 is 1.42 bits per heavy atom. The Hall–Kier alpha value is -3.36. The van der Waals surface area contributed by atoms with Crippen molar-refractivity contribution in [2.75, 3.05) is 6.54 Å². The van der Waals surface area contributed by atoms with Crippen LogP contribution in [0.1, 0.15) is 64.1 Å². The van der Waals surface area contributed by atoms with Crippen molar-refractivity contribution in [3.8, 4) is 0 Å². The minimum Gasteiger partial charge on any atom is -0.329 e. The van der Waals surface area contributed by atoms with Gasteiger partial charge in [-0.25, -0.2) is 0 Å². The van der Waals surface area contributed by atoms with Crippen molar-refractivity contribution in [3.63, 3.8) is 0 Å². The summed E-state index contributed by atoms with van der Waals surface area (Å²) in [6.45, 7) is 10.9. The fourth-order valence-corrected chi connectivity index (χ4v) is 8.38. The second-order valence-electron chi connectivity index (χ2n) is 10.9. The lowest BCUT2D eigenvalue weighted by atomic mass is 9.91. The van der Waals surface area contributed by atoms with Crippen LogP contribution in [-0.2, 0) is 4.79 Å². The lowest BCUT2D eigenvalue weighted by Gasteiger charge is -2.21. The zero-order chi connectivity index (χ0) is 27.2. The molecular formula is C33H34NO3P. The highest BCUT2D eigenvalue weighted by atomic mass is 31.1. The lowest BCUT2D eigenvalue weighted by molar-refractivity contribution is -0.121. The van der Waals surface area contributed by atoms with Crippen LogP contribution in [-0.4, -0.2) is 34.2 Å². The maximum atomic E-state index is 14.2. The molecule has 1 aliphatic heterocycles. The van der Waals surface area contributed by atoms with Crippen LogP contribution in [0.3, 0.4) is 0 Å². The number of allylic oxidation sites excluding steroid dienone is 1. The first kappa shape index (κ1) is 26.3. The van der Waals surface area contributed by atoms with E-state index in [9.17, 15) is 14.4 Å². The van der Waals surface area contributed by atoms with Crippen LogP contribution in [0.25, 0.3) is 0 Å². The third-order valence-electron chi connectivity index (χ3n) is 8.60. The average molecular weight is 524 g/mol. The Bertz CT molecular complexity index is 1420. The smallest absolute Gasteiger partial charge is 0.247 e. The summed E-state index contributed by atoms with van der Waals surface area (Å²) in [6, 6.07) is 21.6. The number of hydrogen-bond donors (Lipinski definition) is 0. The van der Waals surface area contributed by atoms with Gasteiger partial charge in [0, 0.05) is 31.7 Å². The lowest BCUT2D eigenvalue weighted by Crippen LogP contribution is -2.20. The van der Waals surface area contributed by atoms with Gasteiger partial charge in [-0.2, -0.15) is 0 Å². The number of nitrogens with zero attached hydrogens (tertiary/aromatic N) is 1. The fraction of sp³-hybridized carbons (Fsp3) is 0.303. The van der Waals surface area contributed by atoms with Crippen LogP contribution >= 0.6 is 7.92 Å². The number of benzene rings is 3. The highest BCUT2D eigenvalue weighted by Gasteiger charge is 2.77. The summed E-state index contributed by atoms with van der Waals surface area (Å²) in [5.41, 5.74) is 3.69. The molecule has 1 saturated carbocycles. The molecule has 1 saturated heterocycles. The summed E-state index contributed by atoms with van der Waals surface area (Å²) in [6.07, 6.45) is 4.88. The summed E-state index contributed by atoms with van der Waals surface area (Å²) in [5, 5.41) is 1.95. The van der Waals surface area contributed by atoms with Crippen molar-refractivity contribution >= 4 is 35.7 Å². The van der Waals surface area contributed by atoms with Crippen molar-refractivity contribution < 1.29 is 14.4 Å². The number of carbonyl (C=O) groups is 3. The van der Waals surface area contributed by atoms with Gasteiger partial charge in [0.15, 0.2) is 11.3 Å². The van der Waals surface area contributed by atoms with Gasteiger partial charge in [0.25, 0.3) is 0 Å². The Kier molecular flexibility index (Phi) is 6.73. The molecule has 1 amide bonds. The van der Waals surface area contributed by atoms with E-state index in [0.717, 1.165) is 41.1 Å². The fourth-order valence-electron chi connectivity index (χ4n) is 6.10. The molecular weight excluding hydrogens is 489 g/mol. The normalized spacial score (nSPS) is 21.8. The first-order chi connectivity index (χ1) is 18.1. The van der Waals surface area contributed by atoms with E-state index in [0.29, 0.717) is 16.7 Å². The molecule has 3 aromatic rings. The van der Waals surface area contributed by atoms with Crippen molar-refractivity contribution in [2.45, 2.75) is 53.0 Å². The second kappa shape index (κ2) is 9.75. The predicted octanol–water partition coefficient (Wildman–Crippen LogP) is 6.02. The van der Waals surface area contributed by atoms with Gasteiger partial charge >= 0.3 is 0 Å². The van der Waals surface area contributed by atoms with E-state index in [1.165, 1.54) is 12.2 Å². The highest BCUT2D eigenvalue weighted by Crippen LogP contribution is 2.69. The Balaban J connectivity index is 1.46. The third-order valence-corrected chi connectivity index (χ3v) is 10.9. The zero-order valence-electron chi connectivity index (χ0n) is 22.7.